The van der Waals surface area contributed by atoms with E-state index in [0.717, 1.165) is 10.8 Å². The van der Waals surface area contributed by atoms with Crippen molar-refractivity contribution in [2.24, 2.45) is 0 Å². The normalized spacial score (nSPS) is 30.1. The first-order valence-corrected chi connectivity index (χ1v) is 12.2. The van der Waals surface area contributed by atoms with Crippen molar-refractivity contribution in [2.75, 3.05) is 19.8 Å². The summed E-state index contributed by atoms with van der Waals surface area (Å²) in [6.45, 7) is -2.99. The van der Waals surface area contributed by atoms with E-state index >= 15 is 0 Å². The second-order valence-corrected chi connectivity index (χ2v) is 9.38. The van der Waals surface area contributed by atoms with Crippen LogP contribution in [0.15, 0.2) is 31.6 Å². The molecule has 0 unspecified atom stereocenters. The Labute approximate surface area is 236 Å². The number of H-pyrrole nitrogens is 2. The van der Waals surface area contributed by atoms with Crippen molar-refractivity contribution in [1.82, 2.24) is 19.1 Å². The zero-order valence-corrected chi connectivity index (χ0v) is 21.7. The van der Waals surface area contributed by atoms with Gasteiger partial charge in [-0.15, -0.1) is 0 Å². The fourth-order valence-corrected chi connectivity index (χ4v) is 4.48. The van der Waals surface area contributed by atoms with Crippen LogP contribution < -0.4 is 22.5 Å². The molecular formula is C22H28N4O17. The molecule has 21 nitrogen and oxygen atoms in total. The molecule has 0 aliphatic carbocycles. The average Bonchev–Trinajstić information content (AvgIpc) is 3.37. The Balaban J connectivity index is 0.000000236. The maximum Gasteiger partial charge on any atom is 0.342 e. The van der Waals surface area contributed by atoms with E-state index in [2.05, 4.69) is 0 Å². The maximum absolute atomic E-state index is 11.9. The number of aromatic carboxylic acids is 1. The van der Waals surface area contributed by atoms with Gasteiger partial charge in [-0.05, 0) is 0 Å². The number of aromatic amines is 2. The first kappa shape index (κ1) is 33.4. The molecule has 2 fully saturated rings. The number of nitrogens with one attached hydrogen (secondary N) is 2. The van der Waals surface area contributed by atoms with E-state index in [0.29, 0.717) is 10.8 Å². The summed E-state index contributed by atoms with van der Waals surface area (Å²) in [6, 6.07) is 0. The zero-order chi connectivity index (χ0) is 32.4. The molecule has 2 aliphatic rings. The molecule has 0 aromatic carbocycles. The molecule has 2 aromatic rings. The van der Waals surface area contributed by atoms with Crippen molar-refractivity contribution in [3.8, 4) is 0 Å². The van der Waals surface area contributed by atoms with Gasteiger partial charge in [0.25, 0.3) is 11.1 Å². The van der Waals surface area contributed by atoms with Gasteiger partial charge in [0, 0.05) is 12.4 Å². The first-order chi connectivity index (χ1) is 20.1. The number of rotatable bonds is 8. The third kappa shape index (κ3) is 6.34. The van der Waals surface area contributed by atoms with Crippen LogP contribution in [0.4, 0.5) is 0 Å². The Morgan fingerprint density at radius 2 is 1.44 bits per heavy atom. The van der Waals surface area contributed by atoms with Crippen molar-refractivity contribution < 1.29 is 65.0 Å². The molecular weight excluding hydrogens is 592 g/mol. The van der Waals surface area contributed by atoms with Gasteiger partial charge >= 0.3 is 23.3 Å². The van der Waals surface area contributed by atoms with Gasteiger partial charge in [-0.1, -0.05) is 0 Å². The number of carbonyl (C=O) groups is 2. The fourth-order valence-electron chi connectivity index (χ4n) is 4.48. The molecule has 0 spiro atoms. The first-order valence-electron chi connectivity index (χ1n) is 12.2. The van der Waals surface area contributed by atoms with Crippen LogP contribution in [-0.2, 0) is 26.5 Å². The number of carboxylic acid groups (broad SMARTS) is 2. The molecule has 11 N–H and O–H groups in total. The van der Waals surface area contributed by atoms with Gasteiger partial charge in [0.15, 0.2) is 0 Å². The van der Waals surface area contributed by atoms with Crippen molar-refractivity contribution in [2.45, 2.75) is 55.0 Å². The summed E-state index contributed by atoms with van der Waals surface area (Å²) in [5.74, 6) is -2.94. The predicted molar refractivity (Wildman–Crippen MR) is 133 cm³/mol. The minimum absolute atomic E-state index is 0.210. The SMILES string of the molecule is O=C(O)Cn1cc([C@@H]2O[C@H](CO)[C@@H](O)[C@H]2O)c(=O)[nH]c1=O.O=C(O)c1cn([C@]2(CO)O[C@H](CO)[C@@H](O)[C@H]2O)c(=O)[nH]c1=O. The van der Waals surface area contributed by atoms with Crippen LogP contribution in [0.1, 0.15) is 22.0 Å². The Kier molecular flexibility index (Phi) is 10.2. The van der Waals surface area contributed by atoms with Crippen LogP contribution in [0, 0.1) is 0 Å². The highest BCUT2D eigenvalue weighted by Crippen LogP contribution is 2.34. The van der Waals surface area contributed by atoms with Gasteiger partial charge < -0.3 is 55.4 Å². The summed E-state index contributed by atoms with van der Waals surface area (Å²) >= 11 is 0. The van der Waals surface area contributed by atoms with Crippen LogP contribution >= 0.6 is 0 Å². The van der Waals surface area contributed by atoms with Crippen LogP contribution in [0.3, 0.4) is 0 Å². The maximum atomic E-state index is 11.9. The smallest absolute Gasteiger partial charge is 0.342 e. The van der Waals surface area contributed by atoms with Crippen molar-refractivity contribution in [3.63, 3.8) is 0 Å². The summed E-state index contributed by atoms with van der Waals surface area (Å²) in [5.41, 5.74) is -7.39. The summed E-state index contributed by atoms with van der Waals surface area (Å²) in [7, 11) is 0. The number of aliphatic hydroxyl groups is 7. The summed E-state index contributed by atoms with van der Waals surface area (Å²) in [4.78, 5) is 71.8. The van der Waals surface area contributed by atoms with Crippen molar-refractivity contribution in [1.29, 1.82) is 0 Å². The molecule has 8 atom stereocenters. The van der Waals surface area contributed by atoms with Crippen molar-refractivity contribution in [3.05, 3.63) is 65.2 Å². The molecule has 4 heterocycles. The molecule has 0 radical (unpaired) electrons. The number of carboxylic acids is 2. The largest absolute Gasteiger partial charge is 0.480 e. The van der Waals surface area contributed by atoms with E-state index in [4.69, 9.17) is 29.9 Å². The van der Waals surface area contributed by atoms with Gasteiger partial charge in [-0.3, -0.25) is 33.5 Å². The van der Waals surface area contributed by atoms with Gasteiger partial charge in [-0.25, -0.2) is 14.4 Å². The highest BCUT2D eigenvalue weighted by atomic mass is 16.6. The average molecular weight is 620 g/mol. The zero-order valence-electron chi connectivity index (χ0n) is 21.7. The summed E-state index contributed by atoms with van der Waals surface area (Å²) < 4.78 is 11.5. The lowest BCUT2D eigenvalue weighted by atomic mass is 10.0. The van der Waals surface area contributed by atoms with E-state index in [9.17, 15) is 54.3 Å². The van der Waals surface area contributed by atoms with E-state index in [1.54, 1.807) is 4.98 Å². The number of aromatic nitrogens is 4. The van der Waals surface area contributed by atoms with Crippen molar-refractivity contribution >= 4 is 11.9 Å². The monoisotopic (exact) mass is 620 g/mol. The van der Waals surface area contributed by atoms with Gasteiger partial charge in [-0.2, -0.15) is 0 Å². The molecule has 0 bridgehead atoms. The molecule has 0 amide bonds. The Hall–Kier alpha value is -4.06. The molecule has 4 rings (SSSR count). The Bertz CT molecular complexity index is 1580. The van der Waals surface area contributed by atoms with Crippen LogP contribution in [0.5, 0.6) is 0 Å². The lowest BCUT2D eigenvalue weighted by molar-refractivity contribution is -0.174. The number of ether oxygens (including phenoxy) is 2. The van der Waals surface area contributed by atoms with Gasteiger partial charge in [0.05, 0.1) is 25.4 Å². The van der Waals surface area contributed by atoms with Crippen LogP contribution in [0.25, 0.3) is 0 Å². The number of aliphatic hydroxyl groups excluding tert-OH is 7. The molecule has 0 saturated carbocycles. The van der Waals surface area contributed by atoms with E-state index in [-0.39, 0.29) is 5.56 Å². The minimum atomic E-state index is -2.24. The number of nitrogens with zero attached hydrogens (tertiary/aromatic N) is 2. The lowest BCUT2D eigenvalue weighted by Gasteiger charge is -2.31. The quantitative estimate of drug-likeness (QED) is 0.130. The number of aliphatic carboxylic acids is 1. The number of hydrogen-bond donors (Lipinski definition) is 11. The third-order valence-electron chi connectivity index (χ3n) is 6.70. The Morgan fingerprint density at radius 1 is 0.837 bits per heavy atom. The topological polar surface area (TPSA) is 344 Å². The molecule has 238 valence electrons. The summed E-state index contributed by atoms with van der Waals surface area (Å²) in [5, 5.41) is 84.4. The van der Waals surface area contributed by atoms with Crippen LogP contribution in [-0.4, -0.2) is 133 Å². The standard InChI is InChI=1S/C11H14N2O9.C11H14N2O8/c14-2-5-6(16)7(17)11(3-15,22-5)13-1-4(9(19)20)8(18)12-10(13)21;14-3-5-7(17)8(18)9(21-5)4-1-13(2-6(15)16)11(20)12-10(4)19/h1,5-7,14-17H,2-3H2,(H,19,20)(H,12,18,21);1,5,7-9,14,17-18H,2-3H2,(H,15,16)(H,12,19,20)/t5-,6-,7-,11-;5-,7-,8-,9+/m11/s1. The summed E-state index contributed by atoms with van der Waals surface area (Å²) in [6.07, 6.45) is -8.49. The Morgan fingerprint density at radius 3 is 1.93 bits per heavy atom. The molecule has 2 aliphatic heterocycles. The molecule has 21 heteroatoms. The fraction of sp³-hybridized carbons (Fsp3) is 0.545. The van der Waals surface area contributed by atoms with Gasteiger partial charge in [0.1, 0.15) is 54.8 Å². The van der Waals surface area contributed by atoms with E-state index in [1.807, 2.05) is 4.98 Å². The number of hydrogen-bond acceptors (Lipinski definition) is 15. The van der Waals surface area contributed by atoms with Gasteiger partial charge in [0.2, 0.25) is 5.72 Å². The highest BCUT2D eigenvalue weighted by Gasteiger charge is 2.56. The lowest BCUT2D eigenvalue weighted by Crippen LogP contribution is -2.54. The highest BCUT2D eigenvalue weighted by molar-refractivity contribution is 5.86. The molecule has 43 heavy (non-hydrogen) atoms. The molecule has 2 saturated heterocycles. The second-order valence-electron chi connectivity index (χ2n) is 9.38. The van der Waals surface area contributed by atoms with E-state index in [1.165, 1.54) is 0 Å². The predicted octanol–water partition coefficient (Wildman–Crippen LogP) is -7.23. The van der Waals surface area contributed by atoms with E-state index < -0.39 is 115 Å². The third-order valence-corrected chi connectivity index (χ3v) is 6.70. The minimum Gasteiger partial charge on any atom is -0.480 e. The molecule has 2 aromatic heterocycles. The van der Waals surface area contributed by atoms with Crippen LogP contribution in [0.2, 0.25) is 0 Å². The second kappa shape index (κ2) is 13.1.